The third-order valence-corrected chi connectivity index (χ3v) is 7.28. The number of benzene rings is 2. The molecule has 192 valence electrons. The molecule has 3 aromatic rings. The first-order chi connectivity index (χ1) is 18.1. The van der Waals surface area contributed by atoms with E-state index in [4.69, 9.17) is 4.74 Å². The van der Waals surface area contributed by atoms with Gasteiger partial charge in [-0.25, -0.2) is 9.97 Å². The molecule has 11 heteroatoms. The number of ether oxygens (including phenoxy) is 1. The van der Waals surface area contributed by atoms with Crippen LogP contribution in [0.1, 0.15) is 28.8 Å². The first-order valence-corrected chi connectivity index (χ1v) is 13.4. The molecule has 3 aliphatic heterocycles. The van der Waals surface area contributed by atoms with E-state index in [0.717, 1.165) is 54.4 Å². The molecule has 0 radical (unpaired) electrons. The van der Waals surface area contributed by atoms with E-state index in [1.54, 1.807) is 24.4 Å². The number of nitrogens with zero attached hydrogens (tertiary/aromatic N) is 4. The zero-order chi connectivity index (χ0) is 25.6. The number of anilines is 3. The Morgan fingerprint density at radius 1 is 1.08 bits per heavy atom. The minimum atomic E-state index is -0.495. The van der Waals surface area contributed by atoms with Crippen molar-refractivity contribution < 1.29 is 14.5 Å². The Morgan fingerprint density at radius 3 is 2.78 bits per heavy atom. The predicted molar refractivity (Wildman–Crippen MR) is 145 cm³/mol. The molecule has 2 N–H and O–H groups in total. The molecule has 10 nitrogen and oxygen atoms in total. The second-order valence-corrected chi connectivity index (χ2v) is 10.1. The molecule has 0 saturated carbocycles. The molecule has 1 fully saturated rings. The van der Waals surface area contributed by atoms with Gasteiger partial charge in [0.15, 0.2) is 0 Å². The van der Waals surface area contributed by atoms with Crippen LogP contribution in [0.4, 0.5) is 23.0 Å². The SMILES string of the molecule is O=C1NCCCCOCc2cc(ccc2N2CCSCC2)Nc2nccc(n2)-c2ccc1cc2[N+](=O)[O-]. The van der Waals surface area contributed by atoms with Gasteiger partial charge in [-0.3, -0.25) is 14.9 Å². The first kappa shape index (κ1) is 25.0. The number of thioether (sulfide) groups is 1. The maximum absolute atomic E-state index is 12.6. The quantitative estimate of drug-likeness (QED) is 0.374. The fourth-order valence-corrected chi connectivity index (χ4v) is 5.35. The van der Waals surface area contributed by atoms with Gasteiger partial charge in [-0.05, 0) is 49.2 Å². The summed E-state index contributed by atoms with van der Waals surface area (Å²) in [7, 11) is 0. The van der Waals surface area contributed by atoms with Crippen molar-refractivity contribution in [2.45, 2.75) is 19.4 Å². The number of carbonyl (C=O) groups excluding carboxylic acids is 1. The van der Waals surface area contributed by atoms with Crippen LogP contribution in [0.5, 0.6) is 0 Å². The molecule has 4 heterocycles. The van der Waals surface area contributed by atoms with Crippen LogP contribution in [0.15, 0.2) is 48.7 Å². The smallest absolute Gasteiger partial charge is 0.279 e. The average Bonchev–Trinajstić information content (AvgIpc) is 2.92. The van der Waals surface area contributed by atoms with Crippen LogP contribution in [-0.2, 0) is 11.3 Å². The Morgan fingerprint density at radius 2 is 1.95 bits per heavy atom. The van der Waals surface area contributed by atoms with Gasteiger partial charge in [0.2, 0.25) is 5.95 Å². The summed E-state index contributed by atoms with van der Waals surface area (Å²) in [6.07, 6.45) is 3.08. The number of nitro benzene ring substituents is 1. The van der Waals surface area contributed by atoms with Crippen molar-refractivity contribution in [3.8, 4) is 11.3 Å². The molecule has 3 aliphatic rings. The van der Waals surface area contributed by atoms with Gasteiger partial charge in [-0.15, -0.1) is 0 Å². The fourth-order valence-electron chi connectivity index (χ4n) is 4.45. The Hall–Kier alpha value is -3.70. The highest BCUT2D eigenvalue weighted by atomic mass is 32.2. The van der Waals surface area contributed by atoms with E-state index >= 15 is 0 Å². The van der Waals surface area contributed by atoms with E-state index in [1.165, 1.54) is 6.07 Å². The topological polar surface area (TPSA) is 123 Å². The number of nitrogens with one attached hydrogen (secondary N) is 2. The molecule has 37 heavy (non-hydrogen) atoms. The highest BCUT2D eigenvalue weighted by molar-refractivity contribution is 7.99. The number of carbonyl (C=O) groups is 1. The van der Waals surface area contributed by atoms with Crippen molar-refractivity contribution in [3.63, 3.8) is 0 Å². The van der Waals surface area contributed by atoms with Crippen LogP contribution in [0.3, 0.4) is 0 Å². The summed E-state index contributed by atoms with van der Waals surface area (Å²) in [6.45, 7) is 3.48. The van der Waals surface area contributed by atoms with Gasteiger partial charge < -0.3 is 20.3 Å². The zero-order valence-electron chi connectivity index (χ0n) is 20.3. The number of fused-ring (bicyclic) bond motifs is 9. The Labute approximate surface area is 219 Å². The lowest BCUT2D eigenvalue weighted by molar-refractivity contribution is -0.384. The number of hydrogen-bond acceptors (Lipinski definition) is 9. The Balaban J connectivity index is 1.51. The third-order valence-electron chi connectivity index (χ3n) is 6.33. The van der Waals surface area contributed by atoms with Gasteiger partial charge in [-0.2, -0.15) is 11.8 Å². The van der Waals surface area contributed by atoms with E-state index in [1.807, 2.05) is 17.8 Å². The summed E-state index contributed by atoms with van der Waals surface area (Å²) in [5.74, 6) is 2.17. The highest BCUT2D eigenvalue weighted by Crippen LogP contribution is 2.32. The van der Waals surface area contributed by atoms with E-state index < -0.39 is 4.92 Å². The lowest BCUT2D eigenvalue weighted by Gasteiger charge is -2.30. The normalized spacial score (nSPS) is 16.6. The summed E-state index contributed by atoms with van der Waals surface area (Å²) < 4.78 is 6.02. The highest BCUT2D eigenvalue weighted by Gasteiger charge is 2.21. The average molecular weight is 521 g/mol. The van der Waals surface area contributed by atoms with Gasteiger partial charge in [0.1, 0.15) is 0 Å². The maximum Gasteiger partial charge on any atom is 0.279 e. The van der Waals surface area contributed by atoms with Gasteiger partial charge in [0.05, 0.1) is 22.8 Å². The molecular weight excluding hydrogens is 492 g/mol. The lowest BCUT2D eigenvalue weighted by atomic mass is 10.1. The Kier molecular flexibility index (Phi) is 7.81. The van der Waals surface area contributed by atoms with Crippen LogP contribution in [-0.4, -0.2) is 58.5 Å². The van der Waals surface area contributed by atoms with Gasteiger partial charge >= 0.3 is 0 Å². The van der Waals surface area contributed by atoms with Gasteiger partial charge in [0, 0.05) is 72.5 Å². The molecule has 1 saturated heterocycles. The van der Waals surface area contributed by atoms with Crippen LogP contribution < -0.4 is 15.5 Å². The molecule has 0 aliphatic carbocycles. The number of aromatic nitrogens is 2. The second kappa shape index (κ2) is 11.6. The van der Waals surface area contributed by atoms with Crippen molar-refractivity contribution in [2.24, 2.45) is 0 Å². The van der Waals surface area contributed by atoms with Gasteiger partial charge in [0.25, 0.3) is 11.6 Å². The lowest BCUT2D eigenvalue weighted by Crippen LogP contribution is -2.33. The van der Waals surface area contributed by atoms with Crippen LogP contribution in [0.2, 0.25) is 0 Å². The maximum atomic E-state index is 12.6. The van der Waals surface area contributed by atoms with Crippen molar-refractivity contribution in [1.82, 2.24) is 15.3 Å². The van der Waals surface area contributed by atoms with Crippen LogP contribution in [0.25, 0.3) is 11.3 Å². The molecule has 0 spiro atoms. The van der Waals surface area contributed by atoms with Crippen molar-refractivity contribution in [2.75, 3.05) is 48.0 Å². The minimum Gasteiger partial charge on any atom is -0.377 e. The molecule has 0 atom stereocenters. The number of rotatable bonds is 2. The molecular formula is C26H28N6O4S. The standard InChI is InChI=1S/C26H28N6O4S/c33-25-18-3-5-21(24(16-18)32(34)35)22-7-9-28-26(30-22)29-20-4-6-23(31-10-13-37-14-11-31)19(15-20)17-36-12-2-1-8-27-25/h3-7,9,15-16H,1-2,8,10-14,17H2,(H,27,33)(H,28,29,30). The zero-order valence-corrected chi connectivity index (χ0v) is 21.1. The monoisotopic (exact) mass is 520 g/mol. The first-order valence-electron chi connectivity index (χ1n) is 12.3. The van der Waals surface area contributed by atoms with E-state index in [-0.39, 0.29) is 17.2 Å². The largest absolute Gasteiger partial charge is 0.377 e. The predicted octanol–water partition coefficient (Wildman–Crippen LogP) is 4.39. The van der Waals surface area contributed by atoms with E-state index in [9.17, 15) is 14.9 Å². The summed E-state index contributed by atoms with van der Waals surface area (Å²) >= 11 is 1.97. The molecule has 6 rings (SSSR count). The van der Waals surface area contributed by atoms with E-state index in [0.29, 0.717) is 37.0 Å². The summed E-state index contributed by atoms with van der Waals surface area (Å²) in [6, 6.07) is 12.2. The second-order valence-electron chi connectivity index (χ2n) is 8.84. The summed E-state index contributed by atoms with van der Waals surface area (Å²) in [4.78, 5) is 35.2. The van der Waals surface area contributed by atoms with Crippen molar-refractivity contribution >= 4 is 40.7 Å². The molecule has 2 aromatic carbocycles. The fraction of sp³-hybridized carbons (Fsp3) is 0.346. The van der Waals surface area contributed by atoms with Crippen molar-refractivity contribution in [3.05, 3.63) is 69.9 Å². The van der Waals surface area contributed by atoms with Gasteiger partial charge in [-0.1, -0.05) is 0 Å². The number of nitro groups is 1. The minimum absolute atomic E-state index is 0.185. The van der Waals surface area contributed by atoms with Crippen LogP contribution >= 0.6 is 11.8 Å². The summed E-state index contributed by atoms with van der Waals surface area (Å²) in [5.41, 5.74) is 3.80. The summed E-state index contributed by atoms with van der Waals surface area (Å²) in [5, 5.41) is 17.9. The van der Waals surface area contributed by atoms with Crippen molar-refractivity contribution in [1.29, 1.82) is 0 Å². The molecule has 1 amide bonds. The molecule has 1 aromatic heterocycles. The van der Waals surface area contributed by atoms with Crippen LogP contribution in [0, 0.1) is 10.1 Å². The number of hydrogen-bond donors (Lipinski definition) is 2. The molecule has 6 bridgehead atoms. The third kappa shape index (κ3) is 6.00. The Bertz CT molecular complexity index is 1300. The number of amides is 1. The molecule has 0 unspecified atom stereocenters. The van der Waals surface area contributed by atoms with E-state index in [2.05, 4.69) is 37.6 Å².